The molecule has 1 heterocycles. The maximum Gasteiger partial charge on any atom is 0.0915 e. The summed E-state index contributed by atoms with van der Waals surface area (Å²) in [5, 5.41) is 0. The van der Waals surface area contributed by atoms with Gasteiger partial charge in [-0.25, -0.2) is 0 Å². The molecule has 15 heavy (non-hydrogen) atoms. The van der Waals surface area contributed by atoms with Gasteiger partial charge in [0, 0.05) is 12.4 Å². The summed E-state index contributed by atoms with van der Waals surface area (Å²) in [4.78, 5) is 8.53. The van der Waals surface area contributed by atoms with E-state index in [1.165, 1.54) is 0 Å². The molecule has 0 aliphatic heterocycles. The van der Waals surface area contributed by atoms with Crippen LogP contribution < -0.4 is 0 Å². The van der Waals surface area contributed by atoms with Gasteiger partial charge in [0.15, 0.2) is 0 Å². The molecule has 0 atom stereocenters. The van der Waals surface area contributed by atoms with E-state index in [0.717, 1.165) is 17.0 Å². The van der Waals surface area contributed by atoms with Crippen molar-refractivity contribution in [2.45, 2.75) is 6.92 Å². The first kappa shape index (κ1) is 11.1. The van der Waals surface area contributed by atoms with Crippen LogP contribution in [0, 0.1) is 6.92 Å². The van der Waals surface area contributed by atoms with Crippen LogP contribution in [0.3, 0.4) is 0 Å². The van der Waals surface area contributed by atoms with E-state index in [-0.39, 0.29) is 0 Å². The standard InChI is InChI=1S/C13H14N2/c1-4-7-12(14-9-5-2)13-11(3)8-6-10-15-13/h4-10H,1-2H2,3H3/b12-7-,14-9?. The summed E-state index contributed by atoms with van der Waals surface area (Å²) in [5.74, 6) is 0. The lowest BCUT2D eigenvalue weighted by atomic mass is 10.1. The fourth-order valence-electron chi connectivity index (χ4n) is 1.18. The second-order valence-electron chi connectivity index (χ2n) is 2.97. The van der Waals surface area contributed by atoms with Gasteiger partial charge in [0.1, 0.15) is 0 Å². The maximum absolute atomic E-state index is 4.29. The van der Waals surface area contributed by atoms with Crippen molar-refractivity contribution >= 4 is 11.9 Å². The summed E-state index contributed by atoms with van der Waals surface area (Å²) in [6.07, 6.45) is 8.56. The van der Waals surface area contributed by atoms with Crippen LogP contribution in [0.25, 0.3) is 5.70 Å². The summed E-state index contributed by atoms with van der Waals surface area (Å²) < 4.78 is 0. The Morgan fingerprint density at radius 3 is 2.80 bits per heavy atom. The number of hydrogen-bond acceptors (Lipinski definition) is 2. The van der Waals surface area contributed by atoms with E-state index in [1.807, 2.05) is 25.1 Å². The Hall–Kier alpha value is -1.96. The topological polar surface area (TPSA) is 25.2 Å². The molecular formula is C13H14N2. The average molecular weight is 198 g/mol. The molecule has 0 saturated heterocycles. The second kappa shape index (κ2) is 5.70. The third-order valence-electron chi connectivity index (χ3n) is 1.85. The third-order valence-corrected chi connectivity index (χ3v) is 1.85. The summed E-state index contributed by atoms with van der Waals surface area (Å²) in [5.41, 5.74) is 2.75. The van der Waals surface area contributed by atoms with Gasteiger partial charge in [-0.2, -0.15) is 0 Å². The third kappa shape index (κ3) is 3.02. The summed E-state index contributed by atoms with van der Waals surface area (Å²) in [6, 6.07) is 3.91. The van der Waals surface area contributed by atoms with E-state index in [2.05, 4.69) is 23.1 Å². The average Bonchev–Trinajstić information content (AvgIpc) is 2.25. The highest BCUT2D eigenvalue weighted by Crippen LogP contribution is 2.16. The maximum atomic E-state index is 4.29. The highest BCUT2D eigenvalue weighted by atomic mass is 14.8. The Kier molecular flexibility index (Phi) is 4.23. The minimum Gasteiger partial charge on any atom is -0.255 e. The van der Waals surface area contributed by atoms with Crippen molar-refractivity contribution in [2.24, 2.45) is 4.99 Å². The van der Waals surface area contributed by atoms with Gasteiger partial charge >= 0.3 is 0 Å². The van der Waals surface area contributed by atoms with E-state index in [9.17, 15) is 0 Å². The molecule has 0 radical (unpaired) electrons. The van der Waals surface area contributed by atoms with Crippen molar-refractivity contribution in [1.82, 2.24) is 4.98 Å². The van der Waals surface area contributed by atoms with Crippen molar-refractivity contribution in [2.75, 3.05) is 0 Å². The van der Waals surface area contributed by atoms with Crippen molar-refractivity contribution in [3.8, 4) is 0 Å². The molecular weight excluding hydrogens is 184 g/mol. The molecule has 0 fully saturated rings. The van der Waals surface area contributed by atoms with Gasteiger partial charge in [-0.05, 0) is 24.6 Å². The van der Waals surface area contributed by atoms with Crippen molar-refractivity contribution in [3.63, 3.8) is 0 Å². The zero-order chi connectivity index (χ0) is 11.1. The highest BCUT2D eigenvalue weighted by Gasteiger charge is 2.02. The molecule has 0 saturated carbocycles. The molecule has 76 valence electrons. The Morgan fingerprint density at radius 1 is 1.40 bits per heavy atom. The Morgan fingerprint density at radius 2 is 2.20 bits per heavy atom. The van der Waals surface area contributed by atoms with Crippen LogP contribution in [0.5, 0.6) is 0 Å². The van der Waals surface area contributed by atoms with Gasteiger partial charge in [-0.3, -0.25) is 9.98 Å². The van der Waals surface area contributed by atoms with E-state index >= 15 is 0 Å². The van der Waals surface area contributed by atoms with E-state index < -0.39 is 0 Å². The first-order valence-corrected chi connectivity index (χ1v) is 4.69. The number of pyridine rings is 1. The summed E-state index contributed by atoms with van der Waals surface area (Å²) in [6.45, 7) is 9.25. The minimum absolute atomic E-state index is 0.794. The number of allylic oxidation sites excluding steroid dienone is 3. The number of nitrogens with zero attached hydrogens (tertiary/aromatic N) is 2. The normalized spacial score (nSPS) is 11.7. The van der Waals surface area contributed by atoms with E-state index in [0.29, 0.717) is 0 Å². The molecule has 1 aromatic rings. The van der Waals surface area contributed by atoms with Crippen LogP contribution in [-0.4, -0.2) is 11.2 Å². The Labute approximate surface area is 90.4 Å². The zero-order valence-electron chi connectivity index (χ0n) is 8.85. The quantitative estimate of drug-likeness (QED) is 0.539. The predicted octanol–water partition coefficient (Wildman–Crippen LogP) is 3.17. The zero-order valence-corrected chi connectivity index (χ0v) is 8.85. The first-order valence-electron chi connectivity index (χ1n) is 4.69. The molecule has 0 amide bonds. The number of aliphatic imine (C=N–C) groups is 1. The lowest BCUT2D eigenvalue weighted by Crippen LogP contribution is -1.90. The molecule has 2 nitrogen and oxygen atoms in total. The molecule has 1 aromatic heterocycles. The molecule has 0 N–H and O–H groups in total. The predicted molar refractivity (Wildman–Crippen MR) is 65.8 cm³/mol. The monoisotopic (exact) mass is 198 g/mol. The number of hydrogen-bond donors (Lipinski definition) is 0. The van der Waals surface area contributed by atoms with Crippen LogP contribution in [0.2, 0.25) is 0 Å². The van der Waals surface area contributed by atoms with Gasteiger partial charge in [0.2, 0.25) is 0 Å². The lowest BCUT2D eigenvalue weighted by molar-refractivity contribution is 1.20. The molecule has 2 heteroatoms. The van der Waals surface area contributed by atoms with Gasteiger partial charge in [0.25, 0.3) is 0 Å². The van der Waals surface area contributed by atoms with Gasteiger partial charge in [-0.1, -0.05) is 31.4 Å². The highest BCUT2D eigenvalue weighted by molar-refractivity contribution is 5.79. The summed E-state index contributed by atoms with van der Waals surface area (Å²) in [7, 11) is 0. The molecule has 0 aliphatic rings. The fourth-order valence-corrected chi connectivity index (χ4v) is 1.18. The van der Waals surface area contributed by atoms with Crippen LogP contribution in [0.1, 0.15) is 11.3 Å². The van der Waals surface area contributed by atoms with Crippen molar-refractivity contribution < 1.29 is 0 Å². The minimum atomic E-state index is 0.794. The molecule has 0 aromatic carbocycles. The van der Waals surface area contributed by atoms with Crippen LogP contribution in [-0.2, 0) is 0 Å². The van der Waals surface area contributed by atoms with Crippen LogP contribution in [0.4, 0.5) is 0 Å². The summed E-state index contributed by atoms with van der Waals surface area (Å²) >= 11 is 0. The molecule has 1 rings (SSSR count). The number of aryl methyl sites for hydroxylation is 1. The molecule has 0 unspecified atom stereocenters. The largest absolute Gasteiger partial charge is 0.255 e. The molecule has 0 aliphatic carbocycles. The number of aromatic nitrogens is 1. The first-order chi connectivity index (χ1) is 7.29. The van der Waals surface area contributed by atoms with Gasteiger partial charge in [0.05, 0.1) is 11.4 Å². The smallest absolute Gasteiger partial charge is 0.0915 e. The van der Waals surface area contributed by atoms with Crippen molar-refractivity contribution in [1.29, 1.82) is 0 Å². The Bertz CT molecular complexity index is 414. The van der Waals surface area contributed by atoms with Gasteiger partial charge < -0.3 is 0 Å². The van der Waals surface area contributed by atoms with E-state index in [1.54, 1.807) is 24.6 Å². The van der Waals surface area contributed by atoms with E-state index in [4.69, 9.17) is 0 Å². The molecule has 0 bridgehead atoms. The number of rotatable bonds is 4. The molecule has 0 spiro atoms. The van der Waals surface area contributed by atoms with Gasteiger partial charge in [-0.15, -0.1) is 0 Å². The van der Waals surface area contributed by atoms with Crippen LogP contribution in [0.15, 0.2) is 54.7 Å². The second-order valence-corrected chi connectivity index (χ2v) is 2.97. The SMILES string of the molecule is C=CC=N/C(=C\C=C)c1ncccc1C. The fraction of sp³-hybridized carbons (Fsp3) is 0.0769. The van der Waals surface area contributed by atoms with Crippen molar-refractivity contribution in [3.05, 3.63) is 61.0 Å². The Balaban J connectivity index is 3.16. The lowest BCUT2D eigenvalue weighted by Gasteiger charge is -2.03. The van der Waals surface area contributed by atoms with Crippen LogP contribution >= 0.6 is 0 Å².